The van der Waals surface area contributed by atoms with Gasteiger partial charge in [0.25, 0.3) is 0 Å². The fourth-order valence-corrected chi connectivity index (χ4v) is 4.62. The number of pyridine rings is 2. The molecule has 2 fully saturated rings. The van der Waals surface area contributed by atoms with E-state index in [-0.39, 0.29) is 11.9 Å². The van der Waals surface area contributed by atoms with Gasteiger partial charge in [0.2, 0.25) is 5.91 Å². The Hall–Kier alpha value is -2.22. The van der Waals surface area contributed by atoms with E-state index >= 15 is 0 Å². The second-order valence-corrected chi connectivity index (χ2v) is 8.94. The first kappa shape index (κ1) is 22.0. The van der Waals surface area contributed by atoms with Crippen LogP contribution in [0.1, 0.15) is 19.8 Å². The summed E-state index contributed by atoms with van der Waals surface area (Å²) < 4.78 is 0. The van der Waals surface area contributed by atoms with Crippen LogP contribution in [0.3, 0.4) is 0 Å². The molecule has 4 heterocycles. The molecule has 1 N–H and O–H groups in total. The lowest BCUT2D eigenvalue weighted by Crippen LogP contribution is -2.52. The average Bonchev–Trinajstić information content (AvgIpc) is 2.81. The number of hydrogen-bond donors (Lipinski definition) is 1. The summed E-state index contributed by atoms with van der Waals surface area (Å²) in [6.45, 7) is 9.16. The van der Waals surface area contributed by atoms with Crippen LogP contribution in [-0.4, -0.2) is 77.5 Å². The molecule has 2 aliphatic heterocycles. The maximum absolute atomic E-state index is 12.7. The lowest BCUT2D eigenvalue weighted by Gasteiger charge is -2.40. The van der Waals surface area contributed by atoms with E-state index in [4.69, 9.17) is 11.6 Å². The van der Waals surface area contributed by atoms with Crippen LogP contribution in [0.25, 0.3) is 0 Å². The smallest absolute Gasteiger partial charge is 0.242 e. The van der Waals surface area contributed by atoms with Crippen LogP contribution in [0.2, 0.25) is 5.02 Å². The lowest BCUT2D eigenvalue weighted by atomic mass is 9.95. The number of piperazine rings is 1. The minimum atomic E-state index is -0.179. The van der Waals surface area contributed by atoms with Gasteiger partial charge in [-0.25, -0.2) is 9.97 Å². The van der Waals surface area contributed by atoms with Gasteiger partial charge in [-0.3, -0.25) is 14.6 Å². The Morgan fingerprint density at radius 3 is 2.71 bits per heavy atom. The number of hydrogen-bond acceptors (Lipinski definition) is 6. The highest BCUT2D eigenvalue weighted by molar-refractivity contribution is 6.30. The highest BCUT2D eigenvalue weighted by Crippen LogP contribution is 2.22. The number of nitrogens with zero attached hydrogens (tertiary/aromatic N) is 5. The number of carbonyl (C=O) groups is 1. The Balaban J connectivity index is 1.24. The van der Waals surface area contributed by atoms with Gasteiger partial charge in [-0.15, -0.1) is 0 Å². The van der Waals surface area contributed by atoms with E-state index in [9.17, 15) is 4.79 Å². The van der Waals surface area contributed by atoms with E-state index in [0.717, 1.165) is 58.1 Å². The van der Waals surface area contributed by atoms with Gasteiger partial charge in [0, 0.05) is 51.7 Å². The SMILES string of the molecule is CC(C(=O)Nc1ccc(Cl)cn1)N1CCCC(CN2CCN(c3ccccn3)CC2)C1. The Morgan fingerprint density at radius 1 is 1.16 bits per heavy atom. The molecule has 8 heteroatoms. The van der Waals surface area contributed by atoms with Gasteiger partial charge in [-0.1, -0.05) is 17.7 Å². The fourth-order valence-electron chi connectivity index (χ4n) is 4.51. The monoisotopic (exact) mass is 442 g/mol. The number of anilines is 2. The zero-order chi connectivity index (χ0) is 21.6. The van der Waals surface area contributed by atoms with E-state index in [0.29, 0.717) is 16.8 Å². The molecule has 0 spiro atoms. The van der Waals surface area contributed by atoms with Gasteiger partial charge in [0.05, 0.1) is 11.1 Å². The number of halogens is 1. The van der Waals surface area contributed by atoms with Gasteiger partial charge in [0.1, 0.15) is 11.6 Å². The maximum Gasteiger partial charge on any atom is 0.242 e. The van der Waals surface area contributed by atoms with Crippen molar-refractivity contribution < 1.29 is 4.79 Å². The summed E-state index contributed by atoms with van der Waals surface area (Å²) in [5.74, 6) is 2.19. The predicted octanol–water partition coefficient (Wildman–Crippen LogP) is 2.99. The lowest BCUT2D eigenvalue weighted by molar-refractivity contribution is -0.121. The fraction of sp³-hybridized carbons (Fsp3) is 0.522. The quantitative estimate of drug-likeness (QED) is 0.742. The Bertz CT molecular complexity index is 841. The van der Waals surface area contributed by atoms with Crippen molar-refractivity contribution in [2.24, 2.45) is 5.92 Å². The van der Waals surface area contributed by atoms with Crippen molar-refractivity contribution in [2.75, 3.05) is 56.0 Å². The third kappa shape index (κ3) is 5.93. The van der Waals surface area contributed by atoms with Gasteiger partial charge >= 0.3 is 0 Å². The third-order valence-corrected chi connectivity index (χ3v) is 6.54. The van der Waals surface area contributed by atoms with Crippen molar-refractivity contribution in [3.05, 3.63) is 47.7 Å². The van der Waals surface area contributed by atoms with E-state index in [1.807, 2.05) is 25.3 Å². The summed E-state index contributed by atoms with van der Waals surface area (Å²) in [5, 5.41) is 3.47. The minimum absolute atomic E-state index is 0.0144. The number of rotatable bonds is 6. The van der Waals surface area contributed by atoms with Gasteiger partial charge in [-0.2, -0.15) is 0 Å². The standard InChI is InChI=1S/C23H31ClN6O/c1-18(23(31)27-21-8-7-20(24)15-26-21)30-10-4-5-19(17-30)16-28-11-13-29(14-12-28)22-6-2-3-9-25-22/h2-3,6-9,15,18-19H,4-5,10-14,16-17H2,1H3,(H,26,27,31). The highest BCUT2D eigenvalue weighted by Gasteiger charge is 2.29. The van der Waals surface area contributed by atoms with Crippen molar-refractivity contribution in [1.82, 2.24) is 19.8 Å². The molecular weight excluding hydrogens is 412 g/mol. The highest BCUT2D eigenvalue weighted by atomic mass is 35.5. The molecule has 166 valence electrons. The second-order valence-electron chi connectivity index (χ2n) is 8.51. The molecule has 2 aliphatic rings. The van der Waals surface area contributed by atoms with Crippen molar-refractivity contribution in [3.63, 3.8) is 0 Å². The van der Waals surface area contributed by atoms with Crippen LogP contribution in [0.15, 0.2) is 42.7 Å². The first-order valence-electron chi connectivity index (χ1n) is 11.1. The summed E-state index contributed by atoms with van der Waals surface area (Å²) in [4.78, 5) is 28.6. The summed E-state index contributed by atoms with van der Waals surface area (Å²) in [5.41, 5.74) is 0. The molecule has 2 atom stereocenters. The molecular formula is C23H31ClN6O. The van der Waals surface area contributed by atoms with Gasteiger partial charge in [-0.05, 0) is 56.5 Å². The van der Waals surface area contributed by atoms with Crippen molar-refractivity contribution in [1.29, 1.82) is 0 Å². The normalized spacial score (nSPS) is 21.6. The molecule has 1 amide bonds. The number of amides is 1. The van der Waals surface area contributed by atoms with Crippen LogP contribution in [0.4, 0.5) is 11.6 Å². The van der Waals surface area contributed by atoms with Crippen LogP contribution >= 0.6 is 11.6 Å². The average molecular weight is 443 g/mol. The summed E-state index contributed by atoms with van der Waals surface area (Å²) in [6.07, 6.45) is 5.77. The summed E-state index contributed by atoms with van der Waals surface area (Å²) >= 11 is 5.87. The van der Waals surface area contributed by atoms with Crippen LogP contribution < -0.4 is 10.2 Å². The number of likely N-dealkylation sites (tertiary alicyclic amines) is 1. The molecule has 31 heavy (non-hydrogen) atoms. The Labute approximate surface area is 189 Å². The van der Waals surface area contributed by atoms with E-state index in [2.05, 4.69) is 36.1 Å². The predicted molar refractivity (Wildman–Crippen MR) is 125 cm³/mol. The topological polar surface area (TPSA) is 64.6 Å². The van der Waals surface area contributed by atoms with Crippen molar-refractivity contribution in [3.8, 4) is 0 Å². The maximum atomic E-state index is 12.7. The number of carbonyl (C=O) groups excluding carboxylic acids is 1. The summed E-state index contributed by atoms with van der Waals surface area (Å²) in [6, 6.07) is 9.38. The molecule has 7 nitrogen and oxygen atoms in total. The molecule has 0 aliphatic carbocycles. The Kier molecular flexibility index (Phi) is 7.37. The first-order valence-corrected chi connectivity index (χ1v) is 11.5. The molecule has 2 aromatic rings. The number of aromatic nitrogens is 2. The zero-order valence-corrected chi connectivity index (χ0v) is 18.8. The summed E-state index contributed by atoms with van der Waals surface area (Å²) in [7, 11) is 0. The van der Waals surface area contributed by atoms with E-state index in [1.54, 1.807) is 18.3 Å². The third-order valence-electron chi connectivity index (χ3n) is 6.32. The Morgan fingerprint density at radius 2 is 2.00 bits per heavy atom. The molecule has 0 bridgehead atoms. The molecule has 0 radical (unpaired) electrons. The van der Waals surface area contributed by atoms with E-state index < -0.39 is 0 Å². The molecule has 2 unspecified atom stereocenters. The van der Waals surface area contributed by atoms with Crippen LogP contribution in [0, 0.1) is 5.92 Å². The molecule has 4 rings (SSSR count). The second kappa shape index (κ2) is 10.4. The van der Waals surface area contributed by atoms with Crippen LogP contribution in [-0.2, 0) is 4.79 Å². The van der Waals surface area contributed by atoms with E-state index in [1.165, 1.54) is 6.42 Å². The number of nitrogens with one attached hydrogen (secondary N) is 1. The van der Waals surface area contributed by atoms with Crippen molar-refractivity contribution in [2.45, 2.75) is 25.8 Å². The molecule has 0 saturated carbocycles. The molecule has 2 saturated heterocycles. The van der Waals surface area contributed by atoms with Crippen molar-refractivity contribution >= 4 is 29.1 Å². The zero-order valence-electron chi connectivity index (χ0n) is 18.1. The number of piperidine rings is 1. The first-order chi connectivity index (χ1) is 15.1. The van der Waals surface area contributed by atoms with Gasteiger partial charge < -0.3 is 10.2 Å². The minimum Gasteiger partial charge on any atom is -0.354 e. The largest absolute Gasteiger partial charge is 0.354 e. The molecule has 2 aromatic heterocycles. The van der Waals surface area contributed by atoms with Crippen LogP contribution in [0.5, 0.6) is 0 Å². The molecule has 0 aromatic carbocycles. The van der Waals surface area contributed by atoms with Gasteiger partial charge in [0.15, 0.2) is 0 Å².